The molecule has 1 atom stereocenters. The van der Waals surface area contributed by atoms with Crippen LogP contribution in [0.25, 0.3) is 11.2 Å². The van der Waals surface area contributed by atoms with Gasteiger partial charge in [-0.05, 0) is 17.7 Å². The fourth-order valence-electron chi connectivity index (χ4n) is 2.13. The van der Waals surface area contributed by atoms with Gasteiger partial charge in [0.1, 0.15) is 5.82 Å². The van der Waals surface area contributed by atoms with Gasteiger partial charge < -0.3 is 10.3 Å². The van der Waals surface area contributed by atoms with Crippen molar-refractivity contribution in [3.63, 3.8) is 0 Å². The standard InChI is InChI=1S/C14H14N4/c1-18-11-8-5-9-16-13(11)17-14(18)12(15)10-6-3-2-4-7-10/h2-9,12H,15H2,1H3. The first-order chi connectivity index (χ1) is 8.77. The molecule has 1 unspecified atom stereocenters. The summed E-state index contributed by atoms with van der Waals surface area (Å²) < 4.78 is 2.00. The van der Waals surface area contributed by atoms with Gasteiger partial charge in [0.15, 0.2) is 5.65 Å². The van der Waals surface area contributed by atoms with Crippen LogP contribution in [-0.4, -0.2) is 14.5 Å². The van der Waals surface area contributed by atoms with E-state index in [1.165, 1.54) is 0 Å². The first-order valence-electron chi connectivity index (χ1n) is 5.85. The van der Waals surface area contributed by atoms with Gasteiger partial charge in [0.05, 0.1) is 11.6 Å². The van der Waals surface area contributed by atoms with Gasteiger partial charge >= 0.3 is 0 Å². The Morgan fingerprint density at radius 2 is 1.89 bits per heavy atom. The maximum absolute atomic E-state index is 6.27. The van der Waals surface area contributed by atoms with Gasteiger partial charge in [-0.2, -0.15) is 0 Å². The number of rotatable bonds is 2. The fraction of sp³-hybridized carbons (Fsp3) is 0.143. The average Bonchev–Trinajstić information content (AvgIpc) is 2.77. The van der Waals surface area contributed by atoms with E-state index in [1.807, 2.05) is 54.1 Å². The zero-order valence-electron chi connectivity index (χ0n) is 10.1. The highest BCUT2D eigenvalue weighted by Gasteiger charge is 2.16. The van der Waals surface area contributed by atoms with Gasteiger partial charge in [-0.1, -0.05) is 30.3 Å². The first kappa shape index (κ1) is 10.9. The maximum Gasteiger partial charge on any atom is 0.177 e. The number of fused-ring (bicyclic) bond motifs is 1. The van der Waals surface area contributed by atoms with E-state index in [9.17, 15) is 0 Å². The summed E-state index contributed by atoms with van der Waals surface area (Å²) in [5, 5.41) is 0. The number of aromatic nitrogens is 3. The van der Waals surface area contributed by atoms with E-state index in [1.54, 1.807) is 6.20 Å². The third kappa shape index (κ3) is 1.67. The van der Waals surface area contributed by atoms with Crippen molar-refractivity contribution in [2.24, 2.45) is 12.8 Å². The molecular formula is C14H14N4. The van der Waals surface area contributed by atoms with Gasteiger partial charge in [0.25, 0.3) is 0 Å². The summed E-state index contributed by atoms with van der Waals surface area (Å²) in [6.45, 7) is 0. The molecule has 4 heteroatoms. The molecule has 0 aliphatic rings. The van der Waals surface area contributed by atoms with E-state index in [-0.39, 0.29) is 6.04 Å². The van der Waals surface area contributed by atoms with E-state index >= 15 is 0 Å². The molecule has 18 heavy (non-hydrogen) atoms. The number of hydrogen-bond donors (Lipinski definition) is 1. The van der Waals surface area contributed by atoms with Crippen LogP contribution in [0.4, 0.5) is 0 Å². The highest BCUT2D eigenvalue weighted by atomic mass is 15.1. The summed E-state index contributed by atoms with van der Waals surface area (Å²) in [7, 11) is 1.97. The van der Waals surface area contributed by atoms with Gasteiger partial charge in [-0.15, -0.1) is 0 Å². The second-order valence-electron chi connectivity index (χ2n) is 4.26. The van der Waals surface area contributed by atoms with Gasteiger partial charge in [0.2, 0.25) is 0 Å². The Hall–Kier alpha value is -2.20. The SMILES string of the molecule is Cn1c(C(N)c2ccccc2)nc2ncccc21. The summed E-state index contributed by atoms with van der Waals surface area (Å²) in [5.74, 6) is 0.829. The monoisotopic (exact) mass is 238 g/mol. The van der Waals surface area contributed by atoms with Crippen LogP contribution in [0.1, 0.15) is 17.4 Å². The Bertz CT molecular complexity index is 673. The minimum atomic E-state index is -0.231. The molecular weight excluding hydrogens is 224 g/mol. The molecule has 0 bridgehead atoms. The van der Waals surface area contributed by atoms with Crippen LogP contribution in [0.5, 0.6) is 0 Å². The quantitative estimate of drug-likeness (QED) is 0.743. The van der Waals surface area contributed by atoms with Crippen molar-refractivity contribution >= 4 is 11.2 Å². The van der Waals surface area contributed by atoms with Crippen molar-refractivity contribution in [1.29, 1.82) is 0 Å². The second-order valence-corrected chi connectivity index (χ2v) is 4.26. The molecule has 0 radical (unpaired) electrons. The topological polar surface area (TPSA) is 56.7 Å². The predicted molar refractivity (Wildman–Crippen MR) is 71.0 cm³/mol. The normalized spacial score (nSPS) is 12.8. The fourth-order valence-corrected chi connectivity index (χ4v) is 2.13. The lowest BCUT2D eigenvalue weighted by Gasteiger charge is -2.11. The number of benzene rings is 1. The van der Waals surface area contributed by atoms with Crippen LogP contribution in [0.3, 0.4) is 0 Å². The van der Waals surface area contributed by atoms with Crippen molar-refractivity contribution in [3.8, 4) is 0 Å². The van der Waals surface area contributed by atoms with E-state index in [0.717, 1.165) is 22.6 Å². The van der Waals surface area contributed by atoms with E-state index in [4.69, 9.17) is 5.73 Å². The summed E-state index contributed by atoms with van der Waals surface area (Å²) >= 11 is 0. The summed E-state index contributed by atoms with van der Waals surface area (Å²) in [6.07, 6.45) is 1.74. The molecule has 0 spiro atoms. The smallest absolute Gasteiger partial charge is 0.177 e. The molecule has 2 heterocycles. The zero-order chi connectivity index (χ0) is 12.5. The second kappa shape index (κ2) is 4.23. The molecule has 0 saturated heterocycles. The van der Waals surface area contributed by atoms with Gasteiger partial charge in [0, 0.05) is 13.2 Å². The van der Waals surface area contributed by atoms with Crippen molar-refractivity contribution in [2.45, 2.75) is 6.04 Å². The van der Waals surface area contributed by atoms with Crippen LogP contribution >= 0.6 is 0 Å². The molecule has 3 rings (SSSR count). The average molecular weight is 238 g/mol. The van der Waals surface area contributed by atoms with E-state index in [0.29, 0.717) is 0 Å². The molecule has 1 aromatic carbocycles. The van der Waals surface area contributed by atoms with Crippen molar-refractivity contribution in [3.05, 3.63) is 60.0 Å². The summed E-state index contributed by atoms with van der Waals surface area (Å²) in [6, 6.07) is 13.6. The lowest BCUT2D eigenvalue weighted by molar-refractivity contribution is 0.728. The Balaban J connectivity index is 2.12. The van der Waals surface area contributed by atoms with Crippen molar-refractivity contribution < 1.29 is 0 Å². The number of hydrogen-bond acceptors (Lipinski definition) is 3. The lowest BCUT2D eigenvalue weighted by Crippen LogP contribution is -2.16. The number of nitrogens with two attached hydrogens (primary N) is 1. The first-order valence-corrected chi connectivity index (χ1v) is 5.85. The highest BCUT2D eigenvalue weighted by Crippen LogP contribution is 2.21. The molecule has 2 aromatic heterocycles. The highest BCUT2D eigenvalue weighted by molar-refractivity contribution is 5.71. The summed E-state index contributed by atoms with van der Waals surface area (Å²) in [5.41, 5.74) is 9.06. The minimum Gasteiger partial charge on any atom is -0.328 e. The zero-order valence-corrected chi connectivity index (χ0v) is 10.1. The number of nitrogens with zero attached hydrogens (tertiary/aromatic N) is 3. The predicted octanol–water partition coefficient (Wildman–Crippen LogP) is 2.02. The van der Waals surface area contributed by atoms with Crippen LogP contribution in [0.2, 0.25) is 0 Å². The molecule has 3 aromatic rings. The van der Waals surface area contributed by atoms with Crippen LogP contribution in [-0.2, 0) is 7.05 Å². The Labute approximate surface area is 105 Å². The van der Waals surface area contributed by atoms with Crippen LogP contribution in [0, 0.1) is 0 Å². The van der Waals surface area contributed by atoms with E-state index in [2.05, 4.69) is 9.97 Å². The van der Waals surface area contributed by atoms with Crippen LogP contribution < -0.4 is 5.73 Å². The maximum atomic E-state index is 6.27. The number of pyridine rings is 1. The number of imidazole rings is 1. The van der Waals surface area contributed by atoms with Crippen molar-refractivity contribution in [1.82, 2.24) is 14.5 Å². The molecule has 4 nitrogen and oxygen atoms in total. The Kier molecular flexibility index (Phi) is 2.57. The molecule has 90 valence electrons. The molecule has 0 amide bonds. The van der Waals surface area contributed by atoms with Crippen LogP contribution in [0.15, 0.2) is 48.7 Å². The third-order valence-corrected chi connectivity index (χ3v) is 3.13. The largest absolute Gasteiger partial charge is 0.328 e. The Morgan fingerprint density at radius 1 is 1.11 bits per heavy atom. The summed E-state index contributed by atoms with van der Waals surface area (Å²) in [4.78, 5) is 8.77. The lowest BCUT2D eigenvalue weighted by atomic mass is 10.1. The molecule has 0 aliphatic heterocycles. The molecule has 0 saturated carbocycles. The Morgan fingerprint density at radius 3 is 2.61 bits per heavy atom. The number of aryl methyl sites for hydroxylation is 1. The van der Waals surface area contributed by atoms with Gasteiger partial charge in [-0.3, -0.25) is 0 Å². The minimum absolute atomic E-state index is 0.231. The molecule has 2 N–H and O–H groups in total. The molecule has 0 fully saturated rings. The molecule has 0 aliphatic carbocycles. The van der Waals surface area contributed by atoms with E-state index < -0.39 is 0 Å². The van der Waals surface area contributed by atoms with Gasteiger partial charge in [-0.25, -0.2) is 9.97 Å². The van der Waals surface area contributed by atoms with Crippen molar-refractivity contribution in [2.75, 3.05) is 0 Å². The third-order valence-electron chi connectivity index (χ3n) is 3.13.